The van der Waals surface area contributed by atoms with Gasteiger partial charge in [-0.2, -0.15) is 0 Å². The van der Waals surface area contributed by atoms with Gasteiger partial charge in [-0.25, -0.2) is 4.99 Å². The summed E-state index contributed by atoms with van der Waals surface area (Å²) in [6, 6.07) is 25.0. The van der Waals surface area contributed by atoms with Crippen molar-refractivity contribution in [3.63, 3.8) is 0 Å². The molecule has 0 aliphatic carbocycles. The second-order valence-corrected chi connectivity index (χ2v) is 9.78. The Morgan fingerprint density at radius 1 is 1.09 bits per heavy atom. The van der Waals surface area contributed by atoms with Gasteiger partial charge >= 0.3 is 0 Å². The number of thioether (sulfide) groups is 1. The van der Waals surface area contributed by atoms with Crippen LogP contribution in [0.4, 0.5) is 11.4 Å². The number of carbonyl (C=O) groups is 2. The van der Waals surface area contributed by atoms with E-state index in [0.29, 0.717) is 22.4 Å². The van der Waals surface area contributed by atoms with E-state index >= 15 is 0 Å². The Morgan fingerprint density at radius 3 is 2.65 bits per heavy atom. The molecule has 7 heteroatoms. The van der Waals surface area contributed by atoms with E-state index in [-0.39, 0.29) is 18.2 Å². The second-order valence-electron chi connectivity index (χ2n) is 8.18. The van der Waals surface area contributed by atoms with Gasteiger partial charge < -0.3 is 5.32 Å². The zero-order chi connectivity index (χ0) is 23.9. The van der Waals surface area contributed by atoms with E-state index in [2.05, 4.69) is 17.4 Å². The summed E-state index contributed by atoms with van der Waals surface area (Å²) in [5.74, 6) is -0.302. The monoisotopic (exact) mass is 491 g/mol. The van der Waals surface area contributed by atoms with E-state index in [1.54, 1.807) is 17.0 Å². The van der Waals surface area contributed by atoms with Gasteiger partial charge in [0, 0.05) is 23.7 Å². The van der Waals surface area contributed by atoms with E-state index in [4.69, 9.17) is 16.6 Å². The standard InChI is InChI=1S/C27H26ClN3O2S/c1-19-8-5-13-22(16-19)29-26(33)24-18-25(32)31(15-7-11-20-9-3-2-4-10-20)27(34-24)30-23-14-6-12-21(28)17-23/h2-6,8-10,12-14,16-17,24H,7,11,15,18H2,1H3,(H,29,33). The number of hydrogen-bond donors (Lipinski definition) is 1. The van der Waals surface area contributed by atoms with Gasteiger partial charge in [0.1, 0.15) is 5.25 Å². The van der Waals surface area contributed by atoms with Crippen molar-refractivity contribution in [2.45, 2.75) is 31.4 Å². The summed E-state index contributed by atoms with van der Waals surface area (Å²) in [5, 5.41) is 3.47. The maximum absolute atomic E-state index is 13.2. The summed E-state index contributed by atoms with van der Waals surface area (Å²) >= 11 is 7.46. The van der Waals surface area contributed by atoms with Crippen molar-refractivity contribution < 1.29 is 9.59 Å². The van der Waals surface area contributed by atoms with Gasteiger partial charge in [0.05, 0.1) is 5.69 Å². The molecule has 2 amide bonds. The van der Waals surface area contributed by atoms with Crippen molar-refractivity contribution in [2.75, 3.05) is 11.9 Å². The number of nitrogens with zero attached hydrogens (tertiary/aromatic N) is 2. The first-order chi connectivity index (χ1) is 16.5. The maximum Gasteiger partial charge on any atom is 0.238 e. The topological polar surface area (TPSA) is 61.8 Å². The Labute approximate surface area is 209 Å². The maximum atomic E-state index is 13.2. The Hall–Kier alpha value is -3.09. The molecule has 34 heavy (non-hydrogen) atoms. The average molecular weight is 492 g/mol. The highest BCUT2D eigenvalue weighted by molar-refractivity contribution is 8.15. The van der Waals surface area contributed by atoms with Crippen molar-refractivity contribution >= 4 is 51.7 Å². The van der Waals surface area contributed by atoms with Gasteiger partial charge in [0.25, 0.3) is 0 Å². The minimum Gasteiger partial charge on any atom is -0.325 e. The highest BCUT2D eigenvalue weighted by atomic mass is 35.5. The molecule has 5 nitrogen and oxygen atoms in total. The van der Waals surface area contributed by atoms with Crippen LogP contribution in [-0.2, 0) is 16.0 Å². The van der Waals surface area contributed by atoms with Crippen LogP contribution in [0.25, 0.3) is 0 Å². The van der Waals surface area contributed by atoms with Gasteiger partial charge in [-0.15, -0.1) is 0 Å². The Bertz CT molecular complexity index is 1200. The lowest BCUT2D eigenvalue weighted by Crippen LogP contribution is -2.45. The first-order valence-corrected chi connectivity index (χ1v) is 12.5. The normalized spacial score (nSPS) is 17.1. The molecule has 1 unspecified atom stereocenters. The number of anilines is 1. The molecule has 0 saturated carbocycles. The minimum absolute atomic E-state index is 0.100. The van der Waals surface area contributed by atoms with Gasteiger partial charge in [-0.05, 0) is 61.2 Å². The van der Waals surface area contributed by atoms with Crippen molar-refractivity contribution in [1.82, 2.24) is 4.90 Å². The fourth-order valence-corrected chi connectivity index (χ4v) is 5.06. The number of amides is 2. The van der Waals surface area contributed by atoms with Crippen molar-refractivity contribution in [3.8, 4) is 0 Å². The largest absolute Gasteiger partial charge is 0.325 e. The molecule has 1 aliphatic rings. The summed E-state index contributed by atoms with van der Waals surface area (Å²) < 4.78 is 0. The fourth-order valence-electron chi connectivity index (χ4n) is 3.75. The molecule has 1 saturated heterocycles. The molecule has 1 atom stereocenters. The molecular formula is C27H26ClN3O2S. The van der Waals surface area contributed by atoms with Crippen LogP contribution in [0.5, 0.6) is 0 Å². The van der Waals surface area contributed by atoms with Crippen molar-refractivity contribution in [1.29, 1.82) is 0 Å². The first kappa shape index (κ1) is 24.0. The van der Waals surface area contributed by atoms with Gasteiger partial charge in [-0.3, -0.25) is 14.5 Å². The second kappa shape index (κ2) is 11.4. The Balaban J connectivity index is 1.51. The molecule has 4 rings (SSSR count). The number of benzene rings is 3. The van der Waals surface area contributed by atoms with Crippen LogP contribution in [0.2, 0.25) is 5.02 Å². The average Bonchev–Trinajstić information content (AvgIpc) is 2.81. The molecule has 3 aromatic rings. The summed E-state index contributed by atoms with van der Waals surface area (Å²) in [4.78, 5) is 32.6. The molecule has 3 aromatic carbocycles. The van der Waals surface area contributed by atoms with E-state index < -0.39 is 5.25 Å². The third-order valence-corrected chi connectivity index (χ3v) is 6.86. The number of halogens is 1. The first-order valence-electron chi connectivity index (χ1n) is 11.2. The third kappa shape index (κ3) is 6.49. The van der Waals surface area contributed by atoms with E-state index in [1.807, 2.05) is 61.5 Å². The molecule has 1 aliphatic heterocycles. The summed E-state index contributed by atoms with van der Waals surface area (Å²) in [5.41, 5.74) is 3.65. The number of amidine groups is 1. The molecule has 1 heterocycles. The summed E-state index contributed by atoms with van der Waals surface area (Å²) in [6.45, 7) is 2.50. The molecule has 174 valence electrons. The molecule has 1 N–H and O–H groups in total. The van der Waals surface area contributed by atoms with Crippen LogP contribution in [0.15, 0.2) is 83.9 Å². The lowest BCUT2D eigenvalue weighted by molar-refractivity contribution is -0.129. The third-order valence-electron chi connectivity index (χ3n) is 5.44. The molecule has 0 aromatic heterocycles. The Kier molecular flexibility index (Phi) is 8.03. The van der Waals surface area contributed by atoms with E-state index in [9.17, 15) is 9.59 Å². The number of carbonyl (C=O) groups excluding carboxylic acids is 2. The number of hydrogen-bond acceptors (Lipinski definition) is 4. The fraction of sp³-hybridized carbons (Fsp3) is 0.222. The predicted molar refractivity (Wildman–Crippen MR) is 141 cm³/mol. The number of aryl methyl sites for hydroxylation is 2. The van der Waals surface area contributed by atoms with Crippen molar-refractivity contribution in [3.05, 3.63) is 95.0 Å². The smallest absolute Gasteiger partial charge is 0.238 e. The van der Waals surface area contributed by atoms with Crippen molar-refractivity contribution in [2.24, 2.45) is 4.99 Å². The molecule has 0 radical (unpaired) electrons. The molecule has 0 bridgehead atoms. The zero-order valence-corrected chi connectivity index (χ0v) is 20.5. The quantitative estimate of drug-likeness (QED) is 0.425. The van der Waals surface area contributed by atoms with Crippen LogP contribution in [0.3, 0.4) is 0 Å². The van der Waals surface area contributed by atoms with Crippen LogP contribution in [-0.4, -0.2) is 33.7 Å². The molecular weight excluding hydrogens is 466 g/mol. The number of rotatable bonds is 7. The van der Waals surface area contributed by atoms with Crippen LogP contribution < -0.4 is 5.32 Å². The highest BCUT2D eigenvalue weighted by Gasteiger charge is 2.35. The lowest BCUT2D eigenvalue weighted by atomic mass is 10.1. The number of nitrogens with one attached hydrogen (secondary N) is 1. The van der Waals surface area contributed by atoms with Crippen LogP contribution in [0.1, 0.15) is 24.0 Å². The van der Waals surface area contributed by atoms with E-state index in [0.717, 1.165) is 24.1 Å². The predicted octanol–water partition coefficient (Wildman–Crippen LogP) is 6.24. The number of aliphatic imine (C=N–C) groups is 1. The minimum atomic E-state index is -0.559. The molecule has 0 spiro atoms. The van der Waals surface area contributed by atoms with Gasteiger partial charge in [-0.1, -0.05) is 71.9 Å². The SMILES string of the molecule is Cc1cccc(NC(=O)C2CC(=O)N(CCCc3ccccc3)C(=Nc3cccc(Cl)c3)S2)c1. The lowest BCUT2D eigenvalue weighted by Gasteiger charge is -2.32. The highest BCUT2D eigenvalue weighted by Crippen LogP contribution is 2.31. The van der Waals surface area contributed by atoms with Gasteiger partial charge in [0.2, 0.25) is 11.8 Å². The van der Waals surface area contributed by atoms with Crippen LogP contribution >= 0.6 is 23.4 Å². The zero-order valence-electron chi connectivity index (χ0n) is 18.9. The van der Waals surface area contributed by atoms with Crippen LogP contribution in [0, 0.1) is 6.92 Å². The summed E-state index contributed by atoms with van der Waals surface area (Å²) in [6.07, 6.45) is 1.78. The molecule has 1 fully saturated rings. The van der Waals surface area contributed by atoms with E-state index in [1.165, 1.54) is 17.3 Å². The Morgan fingerprint density at radius 2 is 1.88 bits per heavy atom. The summed E-state index contributed by atoms with van der Waals surface area (Å²) in [7, 11) is 0. The van der Waals surface area contributed by atoms with Gasteiger partial charge in [0.15, 0.2) is 5.17 Å².